The summed E-state index contributed by atoms with van der Waals surface area (Å²) >= 11 is 0. The maximum atomic E-state index is 6.23. The van der Waals surface area contributed by atoms with Crippen LogP contribution in [0.25, 0.3) is 55.0 Å². The number of hydrogen-bond donors (Lipinski definition) is 1. The quantitative estimate of drug-likeness (QED) is 0.307. The molecule has 0 bridgehead atoms. The molecule has 0 aliphatic carbocycles. The SMILES string of the molecule is c1ccc(-c2ccc3oc4cccc(Nc5cccc6c5oc5ccccc56)c4c3c2)cc1. The van der Waals surface area contributed by atoms with Gasteiger partial charge in [0, 0.05) is 16.2 Å². The van der Waals surface area contributed by atoms with Crippen molar-refractivity contribution in [2.24, 2.45) is 0 Å². The van der Waals surface area contributed by atoms with E-state index in [0.29, 0.717) is 0 Å². The van der Waals surface area contributed by atoms with Gasteiger partial charge in [0.05, 0.1) is 16.8 Å². The Morgan fingerprint density at radius 2 is 1.18 bits per heavy atom. The van der Waals surface area contributed by atoms with Crippen LogP contribution in [0, 0.1) is 0 Å². The maximum absolute atomic E-state index is 6.23. The average Bonchev–Trinajstić information content (AvgIpc) is 3.44. The van der Waals surface area contributed by atoms with E-state index in [9.17, 15) is 0 Å². The summed E-state index contributed by atoms with van der Waals surface area (Å²) in [6.45, 7) is 0. The number of benzene rings is 5. The fraction of sp³-hybridized carbons (Fsp3) is 0. The van der Waals surface area contributed by atoms with E-state index >= 15 is 0 Å². The van der Waals surface area contributed by atoms with Crippen molar-refractivity contribution in [3.05, 3.63) is 109 Å². The van der Waals surface area contributed by atoms with Crippen LogP contribution in [0.15, 0.2) is 118 Å². The molecule has 0 aliphatic rings. The molecule has 0 amide bonds. The molecule has 0 atom stereocenters. The first-order valence-corrected chi connectivity index (χ1v) is 11.0. The number of furan rings is 2. The predicted molar refractivity (Wildman–Crippen MR) is 136 cm³/mol. The molecule has 0 radical (unpaired) electrons. The molecule has 0 saturated carbocycles. The largest absolute Gasteiger partial charge is 0.456 e. The topological polar surface area (TPSA) is 38.3 Å². The summed E-state index contributed by atoms with van der Waals surface area (Å²) in [5.41, 5.74) is 7.76. The molecule has 3 nitrogen and oxygen atoms in total. The molecule has 0 fully saturated rings. The van der Waals surface area contributed by atoms with Gasteiger partial charge in [-0.05, 0) is 47.5 Å². The lowest BCUT2D eigenvalue weighted by molar-refractivity contribution is 0.668. The Bertz CT molecular complexity index is 1790. The standard InChI is InChI=1S/C30H19NO2/c1-2-8-19(9-3-1)20-16-17-27-23(18-20)29-24(12-7-15-28(29)32-27)31-25-13-6-11-22-21-10-4-5-14-26(21)33-30(22)25/h1-18,31H. The van der Waals surface area contributed by atoms with E-state index in [2.05, 4.69) is 78.1 Å². The van der Waals surface area contributed by atoms with Crippen LogP contribution in [0.1, 0.15) is 0 Å². The molecular weight excluding hydrogens is 406 g/mol. The second kappa shape index (κ2) is 7.01. The molecular formula is C30H19NO2. The third-order valence-corrected chi connectivity index (χ3v) is 6.28. The van der Waals surface area contributed by atoms with Gasteiger partial charge in [0.25, 0.3) is 0 Å². The van der Waals surface area contributed by atoms with Gasteiger partial charge in [0.15, 0.2) is 5.58 Å². The van der Waals surface area contributed by atoms with Crippen LogP contribution >= 0.6 is 0 Å². The maximum Gasteiger partial charge on any atom is 0.158 e. The molecule has 1 N–H and O–H groups in total. The minimum atomic E-state index is 0.855. The molecule has 7 aromatic rings. The molecule has 3 heteroatoms. The van der Waals surface area contributed by atoms with Gasteiger partial charge >= 0.3 is 0 Å². The molecule has 33 heavy (non-hydrogen) atoms. The van der Waals surface area contributed by atoms with Crippen molar-refractivity contribution in [1.29, 1.82) is 0 Å². The van der Waals surface area contributed by atoms with Crippen LogP contribution in [0.2, 0.25) is 0 Å². The minimum absolute atomic E-state index is 0.855. The zero-order valence-corrected chi connectivity index (χ0v) is 17.7. The lowest BCUT2D eigenvalue weighted by atomic mass is 10.0. The Morgan fingerprint density at radius 1 is 0.455 bits per heavy atom. The summed E-state index contributed by atoms with van der Waals surface area (Å²) < 4.78 is 12.4. The highest BCUT2D eigenvalue weighted by atomic mass is 16.3. The second-order valence-corrected chi connectivity index (χ2v) is 8.26. The molecule has 0 unspecified atom stereocenters. The Labute approximate surface area is 189 Å². The highest BCUT2D eigenvalue weighted by molar-refractivity contribution is 6.14. The van der Waals surface area contributed by atoms with Crippen molar-refractivity contribution in [3.8, 4) is 11.1 Å². The number of nitrogens with one attached hydrogen (secondary N) is 1. The monoisotopic (exact) mass is 425 g/mol. The summed E-state index contributed by atoms with van der Waals surface area (Å²) in [6.07, 6.45) is 0. The van der Waals surface area contributed by atoms with Gasteiger partial charge in [-0.3, -0.25) is 0 Å². The Balaban J connectivity index is 1.42. The van der Waals surface area contributed by atoms with Crippen molar-refractivity contribution >= 4 is 55.3 Å². The van der Waals surface area contributed by atoms with Gasteiger partial charge in [0.1, 0.15) is 16.7 Å². The van der Waals surface area contributed by atoms with Gasteiger partial charge in [-0.2, -0.15) is 0 Å². The number of anilines is 2. The zero-order valence-electron chi connectivity index (χ0n) is 17.7. The van der Waals surface area contributed by atoms with E-state index in [1.807, 2.05) is 36.4 Å². The molecule has 2 aromatic heterocycles. The summed E-state index contributed by atoms with van der Waals surface area (Å²) in [7, 11) is 0. The lowest BCUT2D eigenvalue weighted by Crippen LogP contribution is -1.91. The summed E-state index contributed by atoms with van der Waals surface area (Å²) in [6, 6.07) is 37.3. The van der Waals surface area contributed by atoms with Crippen LogP contribution in [-0.2, 0) is 0 Å². The molecule has 2 heterocycles. The van der Waals surface area contributed by atoms with E-state index < -0.39 is 0 Å². The van der Waals surface area contributed by atoms with Gasteiger partial charge in [-0.1, -0.05) is 72.8 Å². The first-order valence-electron chi connectivity index (χ1n) is 11.0. The van der Waals surface area contributed by atoms with Crippen molar-refractivity contribution in [2.45, 2.75) is 0 Å². The molecule has 156 valence electrons. The molecule has 5 aromatic carbocycles. The predicted octanol–water partition coefficient (Wildman–Crippen LogP) is 8.90. The van der Waals surface area contributed by atoms with E-state index in [1.54, 1.807) is 0 Å². The van der Waals surface area contributed by atoms with E-state index in [4.69, 9.17) is 8.83 Å². The third kappa shape index (κ3) is 2.83. The minimum Gasteiger partial charge on any atom is -0.456 e. The van der Waals surface area contributed by atoms with Crippen molar-refractivity contribution in [3.63, 3.8) is 0 Å². The normalized spacial score (nSPS) is 11.6. The Hall–Kier alpha value is -4.50. The summed E-state index contributed by atoms with van der Waals surface area (Å²) in [5.74, 6) is 0. The number of para-hydroxylation sites is 2. The second-order valence-electron chi connectivity index (χ2n) is 8.26. The highest BCUT2D eigenvalue weighted by Crippen LogP contribution is 2.40. The molecule has 0 saturated heterocycles. The lowest BCUT2D eigenvalue weighted by Gasteiger charge is -2.09. The van der Waals surface area contributed by atoms with Crippen LogP contribution in [0.5, 0.6) is 0 Å². The third-order valence-electron chi connectivity index (χ3n) is 6.28. The first-order chi connectivity index (χ1) is 16.3. The van der Waals surface area contributed by atoms with E-state index in [0.717, 1.165) is 55.3 Å². The van der Waals surface area contributed by atoms with Crippen molar-refractivity contribution in [1.82, 2.24) is 0 Å². The Morgan fingerprint density at radius 3 is 2.12 bits per heavy atom. The smallest absolute Gasteiger partial charge is 0.158 e. The van der Waals surface area contributed by atoms with Crippen molar-refractivity contribution < 1.29 is 8.83 Å². The fourth-order valence-electron chi connectivity index (χ4n) is 4.73. The fourth-order valence-corrected chi connectivity index (χ4v) is 4.73. The number of fused-ring (bicyclic) bond motifs is 6. The Kier molecular flexibility index (Phi) is 3.84. The average molecular weight is 425 g/mol. The van der Waals surface area contributed by atoms with Gasteiger partial charge < -0.3 is 14.2 Å². The molecule has 0 spiro atoms. The molecule has 7 rings (SSSR count). The van der Waals surface area contributed by atoms with E-state index in [-0.39, 0.29) is 0 Å². The van der Waals surface area contributed by atoms with Crippen LogP contribution < -0.4 is 5.32 Å². The van der Waals surface area contributed by atoms with Crippen LogP contribution in [0.3, 0.4) is 0 Å². The summed E-state index contributed by atoms with van der Waals surface area (Å²) in [5, 5.41) is 8.02. The first kappa shape index (κ1) is 18.1. The number of rotatable bonds is 3. The van der Waals surface area contributed by atoms with Crippen LogP contribution in [0.4, 0.5) is 11.4 Å². The molecule has 0 aliphatic heterocycles. The van der Waals surface area contributed by atoms with Gasteiger partial charge in [-0.15, -0.1) is 0 Å². The number of hydrogen-bond acceptors (Lipinski definition) is 3. The van der Waals surface area contributed by atoms with E-state index in [1.165, 1.54) is 11.1 Å². The zero-order chi connectivity index (χ0) is 21.8. The van der Waals surface area contributed by atoms with Crippen LogP contribution in [-0.4, -0.2) is 0 Å². The van der Waals surface area contributed by atoms with Crippen molar-refractivity contribution in [2.75, 3.05) is 5.32 Å². The van der Waals surface area contributed by atoms with Gasteiger partial charge in [-0.25, -0.2) is 0 Å². The summed E-state index contributed by atoms with van der Waals surface area (Å²) in [4.78, 5) is 0. The highest BCUT2D eigenvalue weighted by Gasteiger charge is 2.15. The van der Waals surface area contributed by atoms with Gasteiger partial charge in [0.2, 0.25) is 0 Å².